The van der Waals surface area contributed by atoms with E-state index in [1.54, 1.807) is 12.1 Å². The van der Waals surface area contributed by atoms with E-state index < -0.39 is 0 Å². The van der Waals surface area contributed by atoms with E-state index in [4.69, 9.17) is 4.98 Å². The number of carbonyl (C=O) groups is 1. The van der Waals surface area contributed by atoms with Crippen LogP contribution in [0.4, 0.5) is 10.2 Å². The Morgan fingerprint density at radius 3 is 2.14 bits per heavy atom. The van der Waals surface area contributed by atoms with Gasteiger partial charge in [0, 0.05) is 49.4 Å². The summed E-state index contributed by atoms with van der Waals surface area (Å²) in [5.41, 5.74) is 5.33. The minimum atomic E-state index is -0.225. The van der Waals surface area contributed by atoms with Crippen molar-refractivity contribution >= 4 is 11.7 Å². The molecule has 0 radical (unpaired) electrons. The Kier molecular flexibility index (Phi) is 6.76. The lowest BCUT2D eigenvalue weighted by Crippen LogP contribution is -2.49. The first-order valence-corrected chi connectivity index (χ1v) is 12.3. The molecule has 2 heterocycles. The van der Waals surface area contributed by atoms with Crippen LogP contribution < -0.4 is 4.90 Å². The van der Waals surface area contributed by atoms with Crippen molar-refractivity contribution in [3.05, 3.63) is 113 Å². The second-order valence-corrected chi connectivity index (χ2v) is 9.15. The van der Waals surface area contributed by atoms with Crippen molar-refractivity contribution in [2.24, 2.45) is 0 Å². The molecule has 1 saturated heterocycles. The lowest BCUT2D eigenvalue weighted by atomic mass is 10.0. The smallest absolute Gasteiger partial charge is 0.253 e. The molecule has 0 N–H and O–H groups in total. The standard InChI is InChI=1S/C30H29FN4O/c1-21-27(20-26-10-6-7-11-28(26)31)29(33-22(2)32-21)34-16-18-35(19-17-34)30(36)25-14-12-24(13-15-25)23-8-4-3-5-9-23/h3-15H,16-20H2,1-2H3. The molecule has 0 saturated carbocycles. The van der Waals surface area contributed by atoms with Crippen molar-refractivity contribution in [1.82, 2.24) is 14.9 Å². The van der Waals surface area contributed by atoms with E-state index in [2.05, 4.69) is 22.0 Å². The van der Waals surface area contributed by atoms with Crippen LogP contribution in [0.5, 0.6) is 0 Å². The number of hydrogen-bond acceptors (Lipinski definition) is 4. The van der Waals surface area contributed by atoms with Gasteiger partial charge in [-0.15, -0.1) is 0 Å². The van der Waals surface area contributed by atoms with Crippen molar-refractivity contribution in [2.75, 3.05) is 31.1 Å². The van der Waals surface area contributed by atoms with Crippen molar-refractivity contribution < 1.29 is 9.18 Å². The normalized spacial score (nSPS) is 13.6. The number of amides is 1. The molecular weight excluding hydrogens is 451 g/mol. The predicted octanol–water partition coefficient (Wildman–Crippen LogP) is 5.45. The van der Waals surface area contributed by atoms with Crippen LogP contribution in [0, 0.1) is 19.7 Å². The van der Waals surface area contributed by atoms with E-state index in [1.807, 2.05) is 67.3 Å². The maximum Gasteiger partial charge on any atom is 0.253 e. The molecule has 1 fully saturated rings. The fourth-order valence-electron chi connectivity index (χ4n) is 4.76. The van der Waals surface area contributed by atoms with Crippen molar-refractivity contribution in [3.63, 3.8) is 0 Å². The molecule has 182 valence electrons. The first-order valence-electron chi connectivity index (χ1n) is 12.3. The molecule has 0 unspecified atom stereocenters. The second-order valence-electron chi connectivity index (χ2n) is 9.15. The van der Waals surface area contributed by atoms with Gasteiger partial charge >= 0.3 is 0 Å². The van der Waals surface area contributed by atoms with Crippen LogP contribution in [0.1, 0.15) is 33.0 Å². The summed E-state index contributed by atoms with van der Waals surface area (Å²) >= 11 is 0. The fraction of sp³-hybridized carbons (Fsp3) is 0.233. The Bertz CT molecular complexity index is 1360. The van der Waals surface area contributed by atoms with Gasteiger partial charge in [-0.25, -0.2) is 14.4 Å². The number of rotatable bonds is 5. The van der Waals surface area contributed by atoms with Gasteiger partial charge in [0.05, 0.1) is 0 Å². The molecule has 1 amide bonds. The topological polar surface area (TPSA) is 49.3 Å². The highest BCUT2D eigenvalue weighted by Gasteiger charge is 2.25. The Morgan fingerprint density at radius 1 is 0.806 bits per heavy atom. The summed E-state index contributed by atoms with van der Waals surface area (Å²) in [4.78, 5) is 26.6. The molecule has 5 nitrogen and oxygen atoms in total. The summed E-state index contributed by atoms with van der Waals surface area (Å²) in [7, 11) is 0. The van der Waals surface area contributed by atoms with E-state index in [9.17, 15) is 9.18 Å². The van der Waals surface area contributed by atoms with Crippen LogP contribution in [-0.2, 0) is 6.42 Å². The van der Waals surface area contributed by atoms with Gasteiger partial charge in [0.15, 0.2) is 0 Å². The molecule has 4 aromatic rings. The third-order valence-electron chi connectivity index (χ3n) is 6.73. The molecule has 1 aliphatic rings. The number of hydrogen-bond donors (Lipinski definition) is 0. The van der Waals surface area contributed by atoms with Gasteiger partial charge in [-0.1, -0.05) is 60.7 Å². The summed E-state index contributed by atoms with van der Waals surface area (Å²) in [5, 5.41) is 0. The number of anilines is 1. The lowest BCUT2D eigenvalue weighted by Gasteiger charge is -2.36. The van der Waals surface area contributed by atoms with E-state index in [-0.39, 0.29) is 11.7 Å². The Labute approximate surface area is 211 Å². The SMILES string of the molecule is Cc1nc(C)c(Cc2ccccc2F)c(N2CCN(C(=O)c3ccc(-c4ccccc4)cc3)CC2)n1. The van der Waals surface area contributed by atoms with Crippen LogP contribution >= 0.6 is 0 Å². The van der Waals surface area contributed by atoms with Crippen LogP contribution in [0.25, 0.3) is 11.1 Å². The van der Waals surface area contributed by atoms with Gasteiger partial charge in [0.2, 0.25) is 0 Å². The molecule has 5 rings (SSSR count). The summed E-state index contributed by atoms with van der Waals surface area (Å²) in [6, 6.07) is 24.8. The zero-order valence-corrected chi connectivity index (χ0v) is 20.6. The van der Waals surface area contributed by atoms with Gasteiger partial charge in [0.1, 0.15) is 17.5 Å². The Morgan fingerprint density at radius 2 is 1.44 bits per heavy atom. The molecule has 0 atom stereocenters. The first-order chi connectivity index (χ1) is 17.5. The highest BCUT2D eigenvalue weighted by molar-refractivity contribution is 5.95. The van der Waals surface area contributed by atoms with Gasteiger partial charge in [-0.05, 0) is 48.7 Å². The summed E-state index contributed by atoms with van der Waals surface area (Å²) in [6.07, 6.45) is 0.432. The van der Waals surface area contributed by atoms with Crippen LogP contribution in [0.15, 0.2) is 78.9 Å². The van der Waals surface area contributed by atoms with E-state index >= 15 is 0 Å². The number of piperazine rings is 1. The van der Waals surface area contributed by atoms with Crippen molar-refractivity contribution in [2.45, 2.75) is 20.3 Å². The minimum absolute atomic E-state index is 0.0379. The highest BCUT2D eigenvalue weighted by Crippen LogP contribution is 2.26. The summed E-state index contributed by atoms with van der Waals surface area (Å²) < 4.78 is 14.4. The maximum absolute atomic E-state index is 14.4. The number of aryl methyl sites for hydroxylation is 2. The maximum atomic E-state index is 14.4. The Balaban J connectivity index is 1.30. The molecule has 0 spiro atoms. The molecule has 1 aromatic heterocycles. The van der Waals surface area contributed by atoms with Crippen LogP contribution in [0.2, 0.25) is 0 Å². The summed E-state index contributed by atoms with van der Waals surface area (Å²) in [6.45, 7) is 6.35. The van der Waals surface area contributed by atoms with Gasteiger partial charge in [-0.2, -0.15) is 0 Å². The highest BCUT2D eigenvalue weighted by atomic mass is 19.1. The van der Waals surface area contributed by atoms with Gasteiger partial charge in [-0.3, -0.25) is 4.79 Å². The van der Waals surface area contributed by atoms with E-state index in [0.29, 0.717) is 49.6 Å². The number of nitrogens with zero attached hydrogens (tertiary/aromatic N) is 4. The zero-order chi connectivity index (χ0) is 25.1. The van der Waals surface area contributed by atoms with E-state index in [0.717, 1.165) is 28.2 Å². The van der Waals surface area contributed by atoms with Gasteiger partial charge in [0.25, 0.3) is 5.91 Å². The molecule has 3 aromatic carbocycles. The lowest BCUT2D eigenvalue weighted by molar-refractivity contribution is 0.0746. The molecule has 36 heavy (non-hydrogen) atoms. The van der Waals surface area contributed by atoms with Crippen LogP contribution in [-0.4, -0.2) is 47.0 Å². The second kappa shape index (κ2) is 10.3. The number of carbonyl (C=O) groups excluding carboxylic acids is 1. The predicted molar refractivity (Wildman–Crippen MR) is 141 cm³/mol. The van der Waals surface area contributed by atoms with E-state index in [1.165, 1.54) is 6.07 Å². The average Bonchev–Trinajstić information content (AvgIpc) is 2.91. The number of aromatic nitrogens is 2. The summed E-state index contributed by atoms with van der Waals surface area (Å²) in [5.74, 6) is 1.34. The molecule has 6 heteroatoms. The molecule has 0 aliphatic carbocycles. The third-order valence-corrected chi connectivity index (χ3v) is 6.73. The molecule has 1 aliphatic heterocycles. The van der Waals surface area contributed by atoms with Crippen molar-refractivity contribution in [1.29, 1.82) is 0 Å². The Hall–Kier alpha value is -4.06. The largest absolute Gasteiger partial charge is 0.353 e. The quantitative estimate of drug-likeness (QED) is 0.381. The van der Waals surface area contributed by atoms with Gasteiger partial charge < -0.3 is 9.80 Å². The minimum Gasteiger partial charge on any atom is -0.353 e. The molecular formula is C30H29FN4O. The first kappa shape index (κ1) is 23.7. The third kappa shape index (κ3) is 4.98. The van der Waals surface area contributed by atoms with Crippen LogP contribution in [0.3, 0.4) is 0 Å². The molecule has 0 bridgehead atoms. The number of halogens is 1. The van der Waals surface area contributed by atoms with Crippen molar-refractivity contribution in [3.8, 4) is 11.1 Å². The average molecular weight is 481 g/mol. The monoisotopic (exact) mass is 480 g/mol. The number of benzene rings is 3. The fourth-order valence-corrected chi connectivity index (χ4v) is 4.76. The zero-order valence-electron chi connectivity index (χ0n) is 20.6.